The van der Waals surface area contributed by atoms with Gasteiger partial charge in [0.15, 0.2) is 0 Å². The molecule has 0 aromatic carbocycles. The molecule has 0 saturated carbocycles. The molecule has 0 spiro atoms. The predicted octanol–water partition coefficient (Wildman–Crippen LogP) is -1.08. The van der Waals surface area contributed by atoms with Gasteiger partial charge in [-0.1, -0.05) is 13.8 Å². The molecular formula is C11H26N4O. The van der Waals surface area contributed by atoms with Crippen molar-refractivity contribution in [2.24, 2.45) is 23.3 Å². The topological polar surface area (TPSA) is 93.2 Å². The summed E-state index contributed by atoms with van der Waals surface area (Å²) >= 11 is 0. The first-order valence-corrected chi connectivity index (χ1v) is 5.98. The molecule has 6 N–H and O–H groups in total. The van der Waals surface area contributed by atoms with Gasteiger partial charge in [0.1, 0.15) is 5.78 Å². The number of ketones is 1. The first-order valence-electron chi connectivity index (χ1n) is 5.98. The lowest BCUT2D eigenvalue weighted by atomic mass is 9.95. The van der Waals surface area contributed by atoms with Gasteiger partial charge in [0, 0.05) is 51.1 Å². The lowest BCUT2D eigenvalue weighted by molar-refractivity contribution is -0.125. The van der Waals surface area contributed by atoms with Crippen LogP contribution >= 0.6 is 0 Å². The second kappa shape index (κ2) is 9.72. The van der Waals surface area contributed by atoms with Crippen molar-refractivity contribution in [1.29, 1.82) is 0 Å². The Morgan fingerprint density at radius 3 is 1.81 bits per heavy atom. The fraction of sp³-hybridized carbons (Fsp3) is 0.909. The Morgan fingerprint density at radius 1 is 1.06 bits per heavy atom. The lowest BCUT2D eigenvalue weighted by Crippen LogP contribution is -2.40. The van der Waals surface area contributed by atoms with Crippen LogP contribution in [0.3, 0.4) is 0 Å². The molecule has 0 saturated heterocycles. The van der Waals surface area contributed by atoms with Crippen molar-refractivity contribution >= 4 is 5.78 Å². The first kappa shape index (κ1) is 15.5. The van der Waals surface area contributed by atoms with Crippen LogP contribution < -0.4 is 22.1 Å². The van der Waals surface area contributed by atoms with E-state index in [2.05, 4.69) is 10.6 Å². The molecule has 0 aromatic heterocycles. The van der Waals surface area contributed by atoms with Gasteiger partial charge in [0.05, 0.1) is 0 Å². The maximum Gasteiger partial charge on any atom is 0.141 e. The van der Waals surface area contributed by atoms with Crippen LogP contribution in [0.4, 0.5) is 0 Å². The summed E-state index contributed by atoms with van der Waals surface area (Å²) in [6.45, 7) is 7.93. The third-order valence-corrected chi connectivity index (χ3v) is 2.40. The van der Waals surface area contributed by atoms with E-state index < -0.39 is 0 Å². The van der Waals surface area contributed by atoms with Crippen LogP contribution in [-0.2, 0) is 4.79 Å². The fourth-order valence-electron chi connectivity index (χ4n) is 1.50. The smallest absolute Gasteiger partial charge is 0.141 e. The summed E-state index contributed by atoms with van der Waals surface area (Å²) in [7, 11) is 0. The molecule has 0 fully saturated rings. The zero-order chi connectivity index (χ0) is 12.4. The number of Topliss-reactive ketones (excluding diaryl/α,β-unsaturated/α-hetero) is 1. The molecule has 0 bridgehead atoms. The van der Waals surface area contributed by atoms with Crippen molar-refractivity contribution in [3.63, 3.8) is 0 Å². The van der Waals surface area contributed by atoms with E-state index in [1.54, 1.807) is 0 Å². The average molecular weight is 230 g/mol. The summed E-state index contributed by atoms with van der Waals surface area (Å²) in [6, 6.07) is 0. The molecule has 5 heteroatoms. The van der Waals surface area contributed by atoms with Crippen molar-refractivity contribution in [3.05, 3.63) is 0 Å². The summed E-state index contributed by atoms with van der Waals surface area (Å²) in [4.78, 5) is 11.9. The molecular weight excluding hydrogens is 204 g/mol. The monoisotopic (exact) mass is 230 g/mol. The van der Waals surface area contributed by atoms with Crippen molar-refractivity contribution in [3.8, 4) is 0 Å². The number of hydrogen-bond donors (Lipinski definition) is 4. The van der Waals surface area contributed by atoms with E-state index in [-0.39, 0.29) is 17.6 Å². The third kappa shape index (κ3) is 6.90. The summed E-state index contributed by atoms with van der Waals surface area (Å²) in [5.41, 5.74) is 10.8. The van der Waals surface area contributed by atoms with E-state index in [4.69, 9.17) is 11.5 Å². The fourth-order valence-corrected chi connectivity index (χ4v) is 1.50. The number of nitrogens with one attached hydrogen (secondary N) is 2. The number of rotatable bonds is 10. The largest absolute Gasteiger partial charge is 0.329 e. The maximum atomic E-state index is 11.9. The second-order valence-electron chi connectivity index (χ2n) is 4.24. The molecule has 0 unspecified atom stereocenters. The Balaban J connectivity index is 4.00. The highest BCUT2D eigenvalue weighted by atomic mass is 16.1. The zero-order valence-corrected chi connectivity index (χ0v) is 10.5. The molecule has 5 nitrogen and oxygen atoms in total. The molecule has 0 radical (unpaired) electrons. The van der Waals surface area contributed by atoms with Gasteiger partial charge in [0.25, 0.3) is 0 Å². The quantitative estimate of drug-likeness (QED) is 0.358. The second-order valence-corrected chi connectivity index (χ2v) is 4.24. The Kier molecular flexibility index (Phi) is 9.42. The summed E-state index contributed by atoms with van der Waals surface area (Å²) in [5, 5.41) is 6.36. The molecule has 0 aliphatic heterocycles. The van der Waals surface area contributed by atoms with Crippen LogP contribution in [0.15, 0.2) is 0 Å². The number of hydrogen-bond acceptors (Lipinski definition) is 5. The SMILES string of the molecule is CC(C)C(=O)C(CNCCN)CNCCN. The minimum Gasteiger partial charge on any atom is -0.329 e. The minimum absolute atomic E-state index is 0.0121. The first-order chi connectivity index (χ1) is 7.63. The van der Waals surface area contributed by atoms with Gasteiger partial charge in [-0.15, -0.1) is 0 Å². The average Bonchev–Trinajstić information content (AvgIpc) is 2.26. The number of nitrogens with two attached hydrogens (primary N) is 2. The Morgan fingerprint density at radius 2 is 1.50 bits per heavy atom. The van der Waals surface area contributed by atoms with Crippen LogP contribution in [0.1, 0.15) is 13.8 Å². The van der Waals surface area contributed by atoms with E-state index in [0.29, 0.717) is 26.2 Å². The van der Waals surface area contributed by atoms with Crippen LogP contribution in [0.25, 0.3) is 0 Å². The highest BCUT2D eigenvalue weighted by molar-refractivity contribution is 5.83. The summed E-state index contributed by atoms with van der Waals surface area (Å²) < 4.78 is 0. The molecule has 0 atom stereocenters. The molecule has 0 aliphatic carbocycles. The van der Waals surface area contributed by atoms with Crippen molar-refractivity contribution in [1.82, 2.24) is 10.6 Å². The standard InChI is InChI=1S/C11H26N4O/c1-9(2)11(16)10(7-14-5-3-12)8-15-6-4-13/h9-10,14-15H,3-8,12-13H2,1-2H3. The van der Waals surface area contributed by atoms with Gasteiger partial charge in [-0.05, 0) is 0 Å². The van der Waals surface area contributed by atoms with Crippen molar-refractivity contribution < 1.29 is 4.79 Å². The Bertz CT molecular complexity index is 175. The molecule has 0 rings (SSSR count). The van der Waals surface area contributed by atoms with Crippen LogP contribution in [-0.4, -0.2) is 45.1 Å². The van der Waals surface area contributed by atoms with Gasteiger partial charge in [-0.2, -0.15) is 0 Å². The predicted molar refractivity (Wildman–Crippen MR) is 67.2 cm³/mol. The zero-order valence-electron chi connectivity index (χ0n) is 10.5. The number of carbonyl (C=O) groups is 1. The van der Waals surface area contributed by atoms with E-state index in [0.717, 1.165) is 13.1 Å². The van der Waals surface area contributed by atoms with Gasteiger partial charge >= 0.3 is 0 Å². The molecule has 96 valence electrons. The molecule has 0 amide bonds. The maximum absolute atomic E-state index is 11.9. The van der Waals surface area contributed by atoms with Crippen molar-refractivity contribution in [2.45, 2.75) is 13.8 Å². The van der Waals surface area contributed by atoms with Crippen molar-refractivity contribution in [2.75, 3.05) is 39.3 Å². The summed E-state index contributed by atoms with van der Waals surface area (Å²) in [5.74, 6) is 0.372. The molecule has 0 aromatic rings. The van der Waals surface area contributed by atoms with E-state index in [9.17, 15) is 4.79 Å². The van der Waals surface area contributed by atoms with Crippen LogP contribution in [0.5, 0.6) is 0 Å². The highest BCUT2D eigenvalue weighted by Gasteiger charge is 2.20. The minimum atomic E-state index is 0.0121. The van der Waals surface area contributed by atoms with Crippen LogP contribution in [0.2, 0.25) is 0 Å². The van der Waals surface area contributed by atoms with E-state index in [1.165, 1.54) is 0 Å². The summed E-state index contributed by atoms with van der Waals surface area (Å²) in [6.07, 6.45) is 0. The van der Waals surface area contributed by atoms with Gasteiger partial charge in [-0.3, -0.25) is 4.79 Å². The lowest BCUT2D eigenvalue weighted by Gasteiger charge is -2.19. The third-order valence-electron chi connectivity index (χ3n) is 2.40. The molecule has 0 heterocycles. The van der Waals surface area contributed by atoms with Crippen LogP contribution in [0, 0.1) is 11.8 Å². The highest BCUT2D eigenvalue weighted by Crippen LogP contribution is 2.05. The van der Waals surface area contributed by atoms with E-state index in [1.807, 2.05) is 13.8 Å². The Labute approximate surface area is 98.3 Å². The normalized spacial score (nSPS) is 11.4. The number of carbonyl (C=O) groups excluding carboxylic acids is 1. The Hall–Kier alpha value is -0.490. The van der Waals surface area contributed by atoms with Gasteiger partial charge in [-0.25, -0.2) is 0 Å². The van der Waals surface area contributed by atoms with Gasteiger partial charge < -0.3 is 22.1 Å². The molecule has 0 aliphatic rings. The molecule has 16 heavy (non-hydrogen) atoms. The van der Waals surface area contributed by atoms with E-state index >= 15 is 0 Å². The van der Waals surface area contributed by atoms with Gasteiger partial charge in [0.2, 0.25) is 0 Å².